The molecule has 2 nitrogen and oxygen atoms in total. The van der Waals surface area contributed by atoms with E-state index in [1.165, 1.54) is 25.3 Å². The van der Waals surface area contributed by atoms with Crippen LogP contribution in [-0.4, -0.2) is 19.4 Å². The average molecular weight is 327 g/mol. The Balaban J connectivity index is 2.89. The van der Waals surface area contributed by atoms with Gasteiger partial charge >= 0.3 is 0 Å². The molecule has 0 amide bonds. The van der Waals surface area contributed by atoms with E-state index >= 15 is 0 Å². The first kappa shape index (κ1) is 19.5. The molecule has 1 aliphatic carbocycles. The monoisotopic (exact) mass is 326 g/mol. The van der Waals surface area contributed by atoms with Gasteiger partial charge in [-0.05, 0) is 42.9 Å². The van der Waals surface area contributed by atoms with E-state index in [0.717, 1.165) is 12.3 Å². The van der Waals surface area contributed by atoms with Crippen LogP contribution in [0.2, 0.25) is 0 Å². The van der Waals surface area contributed by atoms with Crippen molar-refractivity contribution in [2.24, 2.45) is 23.7 Å². The molecule has 0 aliphatic heterocycles. The van der Waals surface area contributed by atoms with Crippen LogP contribution in [0.4, 0.5) is 0 Å². The van der Waals surface area contributed by atoms with Crippen LogP contribution in [-0.2, 0) is 9.84 Å². The summed E-state index contributed by atoms with van der Waals surface area (Å²) in [4.78, 5) is 0. The summed E-state index contributed by atoms with van der Waals surface area (Å²) < 4.78 is 24.7. The smallest absolute Gasteiger partial charge is 0.160 e. The molecule has 4 atom stereocenters. The predicted molar refractivity (Wildman–Crippen MR) is 96.7 cm³/mol. The van der Waals surface area contributed by atoms with Gasteiger partial charge in [0.05, 0.1) is 11.0 Å². The highest BCUT2D eigenvalue weighted by atomic mass is 32.2. The Hall–Kier alpha value is -0.570. The van der Waals surface area contributed by atoms with Gasteiger partial charge in [0.25, 0.3) is 0 Å². The van der Waals surface area contributed by atoms with Gasteiger partial charge in [-0.3, -0.25) is 0 Å². The normalized spacial score (nSPS) is 28.1. The molecule has 0 heterocycles. The molecule has 1 saturated carbocycles. The van der Waals surface area contributed by atoms with E-state index in [9.17, 15) is 8.42 Å². The van der Waals surface area contributed by atoms with E-state index in [0.29, 0.717) is 24.2 Å². The first-order valence-electron chi connectivity index (χ1n) is 8.82. The zero-order valence-corrected chi connectivity index (χ0v) is 15.6. The molecule has 0 spiro atoms. The Labute approximate surface area is 138 Å². The first-order chi connectivity index (χ1) is 10.3. The Morgan fingerprint density at radius 2 is 1.95 bits per heavy atom. The van der Waals surface area contributed by atoms with Gasteiger partial charge in [0.15, 0.2) is 9.84 Å². The first-order valence-corrected chi connectivity index (χ1v) is 10.5. The van der Waals surface area contributed by atoms with Gasteiger partial charge in [0.2, 0.25) is 0 Å². The zero-order valence-electron chi connectivity index (χ0n) is 14.8. The minimum atomic E-state index is -3.09. The number of rotatable bonds is 8. The molecule has 128 valence electrons. The fourth-order valence-electron chi connectivity index (χ4n) is 3.73. The topological polar surface area (TPSA) is 34.1 Å². The Morgan fingerprint density at radius 3 is 2.50 bits per heavy atom. The van der Waals surface area contributed by atoms with Crippen molar-refractivity contribution in [2.45, 2.75) is 65.0 Å². The maximum atomic E-state index is 12.4. The summed E-state index contributed by atoms with van der Waals surface area (Å²) in [5, 5.41) is -0.347. The largest absolute Gasteiger partial charge is 0.228 e. The van der Waals surface area contributed by atoms with Gasteiger partial charge in [-0.25, -0.2) is 8.42 Å². The molecule has 0 aromatic heterocycles. The molecule has 1 rings (SSSR count). The summed E-state index contributed by atoms with van der Waals surface area (Å²) >= 11 is 0. The van der Waals surface area contributed by atoms with E-state index < -0.39 is 9.84 Å². The van der Waals surface area contributed by atoms with Gasteiger partial charge < -0.3 is 0 Å². The SMILES string of the molecule is C=CCS(=O)(=O)[C@@H](/C=C/[C@@H]1C[C@H](C)CC[C@H]1C(C)C)CCC. The molecule has 0 aromatic rings. The number of hydrogen-bond acceptors (Lipinski definition) is 2. The van der Waals surface area contributed by atoms with E-state index in [1.54, 1.807) is 0 Å². The highest BCUT2D eigenvalue weighted by Gasteiger charge is 2.29. The van der Waals surface area contributed by atoms with Crippen molar-refractivity contribution in [1.29, 1.82) is 0 Å². The fraction of sp³-hybridized carbons (Fsp3) is 0.789. The van der Waals surface area contributed by atoms with E-state index in [4.69, 9.17) is 0 Å². The number of sulfone groups is 1. The summed E-state index contributed by atoms with van der Waals surface area (Å²) in [5.41, 5.74) is 0. The van der Waals surface area contributed by atoms with Crippen LogP contribution in [0.15, 0.2) is 24.8 Å². The summed E-state index contributed by atoms with van der Waals surface area (Å²) in [6.07, 6.45) is 11.1. The quantitative estimate of drug-likeness (QED) is 0.587. The molecule has 0 N–H and O–H groups in total. The summed E-state index contributed by atoms with van der Waals surface area (Å²) in [7, 11) is -3.09. The van der Waals surface area contributed by atoms with Gasteiger partial charge in [-0.2, -0.15) is 0 Å². The third kappa shape index (κ3) is 5.57. The maximum absolute atomic E-state index is 12.4. The maximum Gasteiger partial charge on any atom is 0.160 e. The van der Waals surface area contributed by atoms with Crippen LogP contribution in [0.25, 0.3) is 0 Å². The zero-order chi connectivity index (χ0) is 16.8. The molecule has 1 fully saturated rings. The van der Waals surface area contributed by atoms with Crippen molar-refractivity contribution in [1.82, 2.24) is 0 Å². The number of allylic oxidation sites excluding steroid dienone is 1. The van der Waals surface area contributed by atoms with Gasteiger partial charge in [0.1, 0.15) is 0 Å². The summed E-state index contributed by atoms with van der Waals surface area (Å²) in [6.45, 7) is 12.5. The molecular formula is C19H34O2S. The molecule has 3 heteroatoms. The third-order valence-electron chi connectivity index (χ3n) is 5.03. The number of hydrogen-bond donors (Lipinski definition) is 0. The molecule has 0 saturated heterocycles. The molecule has 0 radical (unpaired) electrons. The Kier molecular flexibility index (Phi) is 7.88. The third-order valence-corrected chi connectivity index (χ3v) is 7.05. The highest BCUT2D eigenvalue weighted by Crippen LogP contribution is 2.38. The minimum Gasteiger partial charge on any atom is -0.228 e. The van der Waals surface area contributed by atoms with Crippen LogP contribution >= 0.6 is 0 Å². The second-order valence-electron chi connectivity index (χ2n) is 7.32. The lowest BCUT2D eigenvalue weighted by atomic mass is 9.70. The van der Waals surface area contributed by atoms with Crippen LogP contribution in [0.3, 0.4) is 0 Å². The predicted octanol–water partition coefficient (Wildman–Crippen LogP) is 5.02. The van der Waals surface area contributed by atoms with Crippen LogP contribution in [0.5, 0.6) is 0 Å². The van der Waals surface area contributed by atoms with Crippen molar-refractivity contribution in [2.75, 3.05) is 5.75 Å². The molecule has 1 aliphatic rings. The molecule has 0 bridgehead atoms. The molecular weight excluding hydrogens is 292 g/mol. The van der Waals surface area contributed by atoms with Crippen LogP contribution in [0.1, 0.15) is 59.8 Å². The highest BCUT2D eigenvalue weighted by molar-refractivity contribution is 7.92. The lowest BCUT2D eigenvalue weighted by Gasteiger charge is -2.36. The van der Waals surface area contributed by atoms with Gasteiger partial charge in [-0.15, -0.1) is 6.58 Å². The Morgan fingerprint density at radius 1 is 1.27 bits per heavy atom. The molecule has 0 aromatic carbocycles. The van der Waals surface area contributed by atoms with Crippen molar-refractivity contribution in [3.63, 3.8) is 0 Å². The second-order valence-corrected chi connectivity index (χ2v) is 9.58. The molecule has 22 heavy (non-hydrogen) atoms. The van der Waals surface area contributed by atoms with Crippen molar-refractivity contribution in [3.05, 3.63) is 24.8 Å². The lowest BCUT2D eigenvalue weighted by molar-refractivity contribution is 0.178. The fourth-order valence-corrected chi connectivity index (χ4v) is 5.23. The second kappa shape index (κ2) is 8.90. The Bertz CT molecular complexity index is 462. The van der Waals surface area contributed by atoms with E-state index in [2.05, 4.69) is 33.4 Å². The molecule has 0 unspecified atom stereocenters. The van der Waals surface area contributed by atoms with Crippen LogP contribution in [0, 0.1) is 23.7 Å². The lowest BCUT2D eigenvalue weighted by Crippen LogP contribution is -2.27. The van der Waals surface area contributed by atoms with Gasteiger partial charge in [0, 0.05) is 0 Å². The van der Waals surface area contributed by atoms with Gasteiger partial charge in [-0.1, -0.05) is 58.8 Å². The standard InChI is InChI=1S/C19H34O2S/c1-6-8-18(22(20,21)13-7-2)11-10-17-14-16(5)9-12-19(17)15(3)4/h7,10-11,15-19H,2,6,8-9,12-14H2,1,3-5H3/b11-10+/t16-,17-,18-,19+/m1/s1. The van der Waals surface area contributed by atoms with Crippen LogP contribution < -0.4 is 0 Å². The van der Waals surface area contributed by atoms with Crippen molar-refractivity contribution < 1.29 is 8.42 Å². The van der Waals surface area contributed by atoms with Crippen molar-refractivity contribution >= 4 is 9.84 Å². The summed E-state index contributed by atoms with van der Waals surface area (Å²) in [6, 6.07) is 0. The van der Waals surface area contributed by atoms with E-state index in [1.807, 2.05) is 13.0 Å². The summed E-state index contributed by atoms with van der Waals surface area (Å²) in [5.74, 6) is 2.71. The average Bonchev–Trinajstić information content (AvgIpc) is 2.42. The van der Waals surface area contributed by atoms with E-state index in [-0.39, 0.29) is 11.0 Å². The van der Waals surface area contributed by atoms with Crippen molar-refractivity contribution in [3.8, 4) is 0 Å². The minimum absolute atomic E-state index is 0.0800.